The molecule has 1 aromatic rings. The molecule has 0 radical (unpaired) electrons. The number of halogens is 3. The Morgan fingerprint density at radius 3 is 2.19 bits per heavy atom. The van der Waals surface area contributed by atoms with Crippen LogP contribution in [0, 0.1) is 0 Å². The van der Waals surface area contributed by atoms with E-state index in [2.05, 4.69) is 4.90 Å². The smallest absolute Gasteiger partial charge is 0.369 e. The van der Waals surface area contributed by atoms with Gasteiger partial charge < -0.3 is 9.80 Å². The molecular formula is C19H26F3N3O. The minimum absolute atomic E-state index is 0.180. The van der Waals surface area contributed by atoms with Crippen LogP contribution in [0.15, 0.2) is 24.3 Å². The Morgan fingerprint density at radius 1 is 0.923 bits per heavy atom. The Hall–Kier alpha value is -1.76. The van der Waals surface area contributed by atoms with Gasteiger partial charge in [0, 0.05) is 45.0 Å². The molecule has 4 nitrogen and oxygen atoms in total. The van der Waals surface area contributed by atoms with E-state index in [1.165, 1.54) is 25.0 Å². The Kier molecular flexibility index (Phi) is 6.06. The van der Waals surface area contributed by atoms with Gasteiger partial charge in [-0.15, -0.1) is 0 Å². The monoisotopic (exact) mass is 369 g/mol. The number of benzene rings is 1. The van der Waals surface area contributed by atoms with Gasteiger partial charge in [0.25, 0.3) is 0 Å². The zero-order valence-corrected chi connectivity index (χ0v) is 15.0. The maximum atomic E-state index is 12.9. The minimum atomic E-state index is -4.32. The third kappa shape index (κ3) is 4.90. The number of rotatable bonds is 3. The van der Waals surface area contributed by atoms with Gasteiger partial charge in [0.2, 0.25) is 5.91 Å². The van der Waals surface area contributed by atoms with Gasteiger partial charge in [-0.05, 0) is 31.0 Å². The normalized spacial score (nSPS) is 20.1. The fourth-order valence-electron chi connectivity index (χ4n) is 3.65. The van der Waals surface area contributed by atoms with Crippen LogP contribution in [0.4, 0.5) is 18.9 Å². The highest BCUT2D eigenvalue weighted by Crippen LogP contribution is 2.31. The molecule has 2 aliphatic rings. The first-order valence-electron chi connectivity index (χ1n) is 9.36. The number of likely N-dealkylation sites (tertiary alicyclic amines) is 1. The molecule has 2 saturated heterocycles. The van der Waals surface area contributed by atoms with Crippen molar-refractivity contribution in [2.45, 2.75) is 31.9 Å². The van der Waals surface area contributed by atoms with Crippen LogP contribution in [0.25, 0.3) is 0 Å². The molecule has 26 heavy (non-hydrogen) atoms. The largest absolute Gasteiger partial charge is 0.416 e. The van der Waals surface area contributed by atoms with Gasteiger partial charge in [-0.1, -0.05) is 18.9 Å². The van der Waals surface area contributed by atoms with Crippen LogP contribution in [0.5, 0.6) is 0 Å². The van der Waals surface area contributed by atoms with E-state index in [4.69, 9.17) is 0 Å². The van der Waals surface area contributed by atoms with Crippen LogP contribution in [-0.2, 0) is 11.0 Å². The summed E-state index contributed by atoms with van der Waals surface area (Å²) in [6, 6.07) is 5.47. The summed E-state index contributed by atoms with van der Waals surface area (Å²) in [7, 11) is 0. The second-order valence-electron chi connectivity index (χ2n) is 7.11. The number of hydrogen-bond donors (Lipinski definition) is 0. The molecule has 144 valence electrons. The molecule has 7 heteroatoms. The van der Waals surface area contributed by atoms with Crippen LogP contribution in [-0.4, -0.2) is 61.5 Å². The van der Waals surface area contributed by atoms with E-state index < -0.39 is 11.7 Å². The molecule has 1 amide bonds. The van der Waals surface area contributed by atoms with Crippen molar-refractivity contribution in [2.24, 2.45) is 0 Å². The molecular weight excluding hydrogens is 343 g/mol. The van der Waals surface area contributed by atoms with E-state index in [1.807, 2.05) is 9.80 Å². The molecule has 1 aromatic carbocycles. The molecule has 0 aliphatic carbocycles. The number of anilines is 1. The first kappa shape index (κ1) is 19.0. The fraction of sp³-hybridized carbons (Fsp3) is 0.632. The number of alkyl halides is 3. The molecule has 0 N–H and O–H groups in total. The van der Waals surface area contributed by atoms with Crippen molar-refractivity contribution < 1.29 is 18.0 Å². The van der Waals surface area contributed by atoms with E-state index in [0.717, 1.165) is 32.0 Å². The van der Waals surface area contributed by atoms with Gasteiger partial charge in [-0.25, -0.2) is 0 Å². The second-order valence-corrected chi connectivity index (χ2v) is 7.11. The molecule has 2 fully saturated rings. The Balaban J connectivity index is 1.52. The highest BCUT2D eigenvalue weighted by molar-refractivity contribution is 5.78. The zero-order chi connectivity index (χ0) is 18.6. The standard InChI is InChI=1S/C19H26F3N3O/c20-19(21,22)16-6-5-7-17(14-16)24-12-10-23(11-13-24)15-18(26)25-8-3-1-2-4-9-25/h5-7,14H,1-4,8-13,15H2. The maximum Gasteiger partial charge on any atom is 0.416 e. The van der Waals surface area contributed by atoms with Crippen molar-refractivity contribution in [3.63, 3.8) is 0 Å². The Bertz CT molecular complexity index is 604. The molecule has 0 unspecified atom stereocenters. The number of piperazine rings is 1. The molecule has 0 aromatic heterocycles. The summed E-state index contributed by atoms with van der Waals surface area (Å²) in [6.45, 7) is 4.76. The van der Waals surface area contributed by atoms with Crippen molar-refractivity contribution in [3.05, 3.63) is 29.8 Å². The predicted molar refractivity (Wildman–Crippen MR) is 95.1 cm³/mol. The van der Waals surface area contributed by atoms with Gasteiger partial charge >= 0.3 is 6.18 Å². The Morgan fingerprint density at radius 2 is 1.58 bits per heavy atom. The van der Waals surface area contributed by atoms with Gasteiger partial charge in [0.1, 0.15) is 0 Å². The quantitative estimate of drug-likeness (QED) is 0.819. The van der Waals surface area contributed by atoms with Crippen molar-refractivity contribution in [1.29, 1.82) is 0 Å². The first-order chi connectivity index (χ1) is 12.4. The van der Waals surface area contributed by atoms with Crippen molar-refractivity contribution in [2.75, 3.05) is 50.7 Å². The van der Waals surface area contributed by atoms with Crippen LogP contribution in [0.3, 0.4) is 0 Å². The van der Waals surface area contributed by atoms with E-state index >= 15 is 0 Å². The number of amides is 1. The summed E-state index contributed by atoms with van der Waals surface area (Å²) in [5, 5.41) is 0. The van der Waals surface area contributed by atoms with Gasteiger partial charge in [0.05, 0.1) is 12.1 Å². The third-order valence-electron chi connectivity index (χ3n) is 5.23. The average molecular weight is 369 g/mol. The molecule has 0 atom stereocenters. The van der Waals surface area contributed by atoms with Crippen LogP contribution < -0.4 is 4.90 Å². The van der Waals surface area contributed by atoms with Crippen LogP contribution >= 0.6 is 0 Å². The maximum absolute atomic E-state index is 12.9. The molecule has 2 aliphatic heterocycles. The predicted octanol–water partition coefficient (Wildman–Crippen LogP) is 3.23. The van der Waals surface area contributed by atoms with Gasteiger partial charge in [0.15, 0.2) is 0 Å². The zero-order valence-electron chi connectivity index (χ0n) is 15.0. The topological polar surface area (TPSA) is 26.8 Å². The van der Waals surface area contributed by atoms with E-state index in [-0.39, 0.29) is 5.91 Å². The highest BCUT2D eigenvalue weighted by Gasteiger charge is 2.31. The average Bonchev–Trinajstić information content (AvgIpc) is 2.91. The summed E-state index contributed by atoms with van der Waals surface area (Å²) >= 11 is 0. The summed E-state index contributed by atoms with van der Waals surface area (Å²) < 4.78 is 38.6. The summed E-state index contributed by atoms with van der Waals surface area (Å²) in [6.07, 6.45) is 0.223. The lowest BCUT2D eigenvalue weighted by Gasteiger charge is -2.36. The van der Waals surface area contributed by atoms with E-state index in [0.29, 0.717) is 38.4 Å². The SMILES string of the molecule is O=C(CN1CCN(c2cccc(C(F)(F)F)c2)CC1)N1CCCCCC1. The van der Waals surface area contributed by atoms with Crippen molar-refractivity contribution >= 4 is 11.6 Å². The van der Waals surface area contributed by atoms with E-state index in [9.17, 15) is 18.0 Å². The molecule has 3 rings (SSSR count). The van der Waals surface area contributed by atoms with Gasteiger partial charge in [-0.3, -0.25) is 9.69 Å². The number of carbonyl (C=O) groups excluding carboxylic acids is 1. The third-order valence-corrected chi connectivity index (χ3v) is 5.23. The Labute approximate surface area is 152 Å². The molecule has 2 heterocycles. The fourth-order valence-corrected chi connectivity index (χ4v) is 3.65. The number of carbonyl (C=O) groups is 1. The lowest BCUT2D eigenvalue weighted by Crippen LogP contribution is -2.50. The van der Waals surface area contributed by atoms with Gasteiger partial charge in [-0.2, -0.15) is 13.2 Å². The lowest BCUT2D eigenvalue weighted by atomic mass is 10.1. The van der Waals surface area contributed by atoms with Crippen molar-refractivity contribution in [1.82, 2.24) is 9.80 Å². The van der Waals surface area contributed by atoms with Crippen LogP contribution in [0.1, 0.15) is 31.2 Å². The van der Waals surface area contributed by atoms with E-state index in [1.54, 1.807) is 6.07 Å². The minimum Gasteiger partial charge on any atom is -0.369 e. The molecule has 0 spiro atoms. The highest BCUT2D eigenvalue weighted by atomic mass is 19.4. The summed E-state index contributed by atoms with van der Waals surface area (Å²) in [5.41, 5.74) is -0.0212. The van der Waals surface area contributed by atoms with Crippen molar-refractivity contribution in [3.8, 4) is 0 Å². The summed E-state index contributed by atoms with van der Waals surface area (Å²) in [5.74, 6) is 0.180. The first-order valence-corrected chi connectivity index (χ1v) is 9.36. The second kappa shape index (κ2) is 8.29. The summed E-state index contributed by atoms with van der Waals surface area (Å²) in [4.78, 5) is 18.5. The molecule has 0 saturated carbocycles. The molecule has 0 bridgehead atoms. The van der Waals surface area contributed by atoms with Crippen LogP contribution in [0.2, 0.25) is 0 Å². The number of nitrogens with zero attached hydrogens (tertiary/aromatic N) is 3. The lowest BCUT2D eigenvalue weighted by molar-refractivity contribution is -0.137. The number of hydrogen-bond acceptors (Lipinski definition) is 3.